The van der Waals surface area contributed by atoms with Crippen LogP contribution in [0.15, 0.2) is 72.8 Å². The first-order valence-electron chi connectivity index (χ1n) is 8.55. The zero-order valence-electron chi connectivity index (χ0n) is 14.9. The largest absolute Gasteiger partial charge is 0.508 e. The van der Waals surface area contributed by atoms with E-state index in [1.54, 1.807) is 13.0 Å². The number of rotatable bonds is 6. The van der Waals surface area contributed by atoms with Gasteiger partial charge in [0.25, 0.3) is 0 Å². The van der Waals surface area contributed by atoms with Crippen LogP contribution in [0.2, 0.25) is 0 Å². The normalized spacial score (nSPS) is 10.9. The summed E-state index contributed by atoms with van der Waals surface area (Å²) in [7, 11) is 0. The lowest BCUT2D eigenvalue weighted by Gasteiger charge is -2.07. The van der Waals surface area contributed by atoms with E-state index in [0.29, 0.717) is 6.61 Å². The first-order valence-corrected chi connectivity index (χ1v) is 8.55. The molecule has 0 amide bonds. The highest BCUT2D eigenvalue weighted by Crippen LogP contribution is 2.30. The van der Waals surface area contributed by atoms with Gasteiger partial charge in [0, 0.05) is 5.56 Å². The molecule has 0 heterocycles. The Morgan fingerprint density at radius 2 is 1.67 bits per heavy atom. The second-order valence-electron chi connectivity index (χ2n) is 6.15. The standard InChI is InChI=1S/C23H20O4/c1-16-21(24)14-12-20(23(16)26)22(25)13-9-17-7-10-19(11-8-17)27-15-18-5-3-2-4-6-18/h2-14,24,26H,15H2,1H3/b13-9+. The molecule has 3 aromatic rings. The molecule has 0 saturated carbocycles. The third kappa shape index (κ3) is 4.55. The van der Waals surface area contributed by atoms with Crippen LogP contribution in [-0.4, -0.2) is 16.0 Å². The predicted molar refractivity (Wildman–Crippen MR) is 105 cm³/mol. The van der Waals surface area contributed by atoms with Crippen LogP contribution in [0.3, 0.4) is 0 Å². The number of hydrogen-bond acceptors (Lipinski definition) is 4. The first-order chi connectivity index (χ1) is 13.0. The average Bonchev–Trinajstić information content (AvgIpc) is 2.70. The summed E-state index contributed by atoms with van der Waals surface area (Å²) in [6, 6.07) is 20.1. The van der Waals surface area contributed by atoms with E-state index >= 15 is 0 Å². The number of phenolic OH excluding ortho intramolecular Hbond substituents is 2. The Morgan fingerprint density at radius 3 is 2.37 bits per heavy atom. The van der Waals surface area contributed by atoms with E-state index in [9.17, 15) is 15.0 Å². The molecule has 0 unspecified atom stereocenters. The molecule has 0 saturated heterocycles. The third-order valence-corrected chi connectivity index (χ3v) is 4.22. The summed E-state index contributed by atoms with van der Waals surface area (Å²) < 4.78 is 5.73. The Hall–Kier alpha value is -3.53. The van der Waals surface area contributed by atoms with Gasteiger partial charge in [-0.25, -0.2) is 0 Å². The molecule has 3 aromatic carbocycles. The molecule has 0 aromatic heterocycles. The lowest BCUT2D eigenvalue weighted by molar-refractivity contribution is 0.104. The summed E-state index contributed by atoms with van der Waals surface area (Å²) in [5.74, 6) is 0.169. The second kappa shape index (κ2) is 8.23. The molecule has 4 nitrogen and oxygen atoms in total. The first kappa shape index (κ1) is 18.3. The third-order valence-electron chi connectivity index (χ3n) is 4.22. The zero-order chi connectivity index (χ0) is 19.2. The molecule has 3 rings (SSSR count). The molecule has 0 aliphatic heterocycles. The van der Waals surface area contributed by atoms with E-state index < -0.39 is 0 Å². The Labute approximate surface area is 158 Å². The highest BCUT2D eigenvalue weighted by molar-refractivity contribution is 6.09. The van der Waals surface area contributed by atoms with Crippen molar-refractivity contribution in [2.75, 3.05) is 0 Å². The molecule has 0 aliphatic rings. The van der Waals surface area contributed by atoms with Crippen molar-refractivity contribution in [1.82, 2.24) is 0 Å². The van der Waals surface area contributed by atoms with Crippen LogP contribution in [0, 0.1) is 6.92 Å². The van der Waals surface area contributed by atoms with Crippen molar-refractivity contribution in [1.29, 1.82) is 0 Å². The van der Waals surface area contributed by atoms with Gasteiger partial charge in [0.1, 0.15) is 23.9 Å². The molecule has 0 radical (unpaired) electrons. The quantitative estimate of drug-likeness (QED) is 0.486. The van der Waals surface area contributed by atoms with E-state index in [0.717, 1.165) is 16.9 Å². The summed E-state index contributed by atoms with van der Waals surface area (Å²) in [6.45, 7) is 2.05. The molecule has 136 valence electrons. The molecule has 0 fully saturated rings. The van der Waals surface area contributed by atoms with Gasteiger partial charge >= 0.3 is 0 Å². The fraction of sp³-hybridized carbons (Fsp3) is 0.0870. The van der Waals surface area contributed by atoms with E-state index in [-0.39, 0.29) is 28.4 Å². The number of ether oxygens (including phenoxy) is 1. The van der Waals surface area contributed by atoms with Gasteiger partial charge in [-0.1, -0.05) is 48.5 Å². The predicted octanol–water partition coefficient (Wildman–Crippen LogP) is 4.88. The average molecular weight is 360 g/mol. The van der Waals surface area contributed by atoms with Crippen LogP contribution in [0.4, 0.5) is 0 Å². The van der Waals surface area contributed by atoms with Crippen molar-refractivity contribution in [2.24, 2.45) is 0 Å². The molecule has 0 aliphatic carbocycles. The highest BCUT2D eigenvalue weighted by atomic mass is 16.5. The Balaban J connectivity index is 1.64. The Kier molecular flexibility index (Phi) is 5.57. The van der Waals surface area contributed by atoms with Gasteiger partial charge in [-0.2, -0.15) is 0 Å². The SMILES string of the molecule is Cc1c(O)ccc(C(=O)/C=C/c2ccc(OCc3ccccc3)cc2)c1O. The fourth-order valence-corrected chi connectivity index (χ4v) is 2.57. The number of carbonyl (C=O) groups excluding carboxylic acids is 1. The summed E-state index contributed by atoms with van der Waals surface area (Å²) in [4.78, 5) is 12.3. The van der Waals surface area contributed by atoms with Gasteiger partial charge in [0.15, 0.2) is 5.78 Å². The van der Waals surface area contributed by atoms with E-state index in [4.69, 9.17) is 4.74 Å². The van der Waals surface area contributed by atoms with Crippen LogP contribution in [0.5, 0.6) is 17.2 Å². The van der Waals surface area contributed by atoms with Gasteiger partial charge in [-0.05, 0) is 48.4 Å². The molecular formula is C23H20O4. The summed E-state index contributed by atoms with van der Waals surface area (Å²) in [5.41, 5.74) is 2.38. The summed E-state index contributed by atoms with van der Waals surface area (Å²) >= 11 is 0. The maximum Gasteiger partial charge on any atom is 0.189 e. The number of phenols is 2. The molecule has 4 heteroatoms. The van der Waals surface area contributed by atoms with Crippen LogP contribution < -0.4 is 4.74 Å². The van der Waals surface area contributed by atoms with Crippen molar-refractivity contribution < 1.29 is 19.7 Å². The van der Waals surface area contributed by atoms with E-state index in [1.165, 1.54) is 18.2 Å². The maximum atomic E-state index is 12.3. The van der Waals surface area contributed by atoms with Gasteiger partial charge in [0.05, 0.1) is 5.56 Å². The maximum absolute atomic E-state index is 12.3. The lowest BCUT2D eigenvalue weighted by Crippen LogP contribution is -1.96. The Bertz CT molecular complexity index is 958. The lowest BCUT2D eigenvalue weighted by atomic mass is 10.0. The second-order valence-corrected chi connectivity index (χ2v) is 6.15. The van der Waals surface area contributed by atoms with Crippen LogP contribution in [0.1, 0.15) is 27.0 Å². The van der Waals surface area contributed by atoms with Crippen molar-refractivity contribution in [3.05, 3.63) is 95.1 Å². The van der Waals surface area contributed by atoms with E-state index in [2.05, 4.69) is 0 Å². The monoisotopic (exact) mass is 360 g/mol. The minimum atomic E-state index is -0.333. The van der Waals surface area contributed by atoms with Crippen molar-refractivity contribution in [2.45, 2.75) is 13.5 Å². The van der Waals surface area contributed by atoms with Crippen LogP contribution >= 0.6 is 0 Å². The molecular weight excluding hydrogens is 340 g/mol. The highest BCUT2D eigenvalue weighted by Gasteiger charge is 2.12. The molecule has 0 bridgehead atoms. The summed E-state index contributed by atoms with van der Waals surface area (Å²) in [6.07, 6.45) is 3.07. The minimum absolute atomic E-state index is 0.0425. The van der Waals surface area contributed by atoms with Gasteiger partial charge in [0.2, 0.25) is 0 Å². The van der Waals surface area contributed by atoms with Crippen LogP contribution in [-0.2, 0) is 6.61 Å². The minimum Gasteiger partial charge on any atom is -0.508 e. The zero-order valence-corrected chi connectivity index (χ0v) is 14.9. The number of benzene rings is 3. The van der Waals surface area contributed by atoms with Crippen molar-refractivity contribution in [3.63, 3.8) is 0 Å². The molecule has 27 heavy (non-hydrogen) atoms. The topological polar surface area (TPSA) is 66.8 Å². The molecule has 2 N–H and O–H groups in total. The van der Waals surface area contributed by atoms with Crippen LogP contribution in [0.25, 0.3) is 6.08 Å². The van der Waals surface area contributed by atoms with Gasteiger partial charge in [-0.15, -0.1) is 0 Å². The van der Waals surface area contributed by atoms with E-state index in [1.807, 2.05) is 54.6 Å². The summed E-state index contributed by atoms with van der Waals surface area (Å²) in [5, 5.41) is 19.6. The number of allylic oxidation sites excluding steroid dienone is 1. The van der Waals surface area contributed by atoms with Crippen molar-refractivity contribution in [3.8, 4) is 17.2 Å². The van der Waals surface area contributed by atoms with Gasteiger partial charge < -0.3 is 14.9 Å². The smallest absolute Gasteiger partial charge is 0.189 e. The number of ketones is 1. The molecule has 0 spiro atoms. The number of hydrogen-bond donors (Lipinski definition) is 2. The number of aromatic hydroxyl groups is 2. The fourth-order valence-electron chi connectivity index (χ4n) is 2.57. The number of carbonyl (C=O) groups is 1. The van der Waals surface area contributed by atoms with Crippen molar-refractivity contribution >= 4 is 11.9 Å². The molecule has 0 atom stereocenters. The van der Waals surface area contributed by atoms with Gasteiger partial charge in [-0.3, -0.25) is 4.79 Å². The Morgan fingerprint density at radius 1 is 0.963 bits per heavy atom.